The van der Waals surface area contributed by atoms with Gasteiger partial charge in [-0.2, -0.15) is 0 Å². The van der Waals surface area contributed by atoms with Crippen LogP contribution in [-0.2, 0) is 9.53 Å². The number of rotatable bonds is 2. The summed E-state index contributed by atoms with van der Waals surface area (Å²) in [5, 5.41) is 0. The number of esters is 1. The van der Waals surface area contributed by atoms with Gasteiger partial charge in [0.2, 0.25) is 0 Å². The Bertz CT molecular complexity index is 183. The van der Waals surface area contributed by atoms with Gasteiger partial charge in [-0.05, 0) is 13.3 Å². The molecule has 0 aromatic heterocycles. The topological polar surface area (TPSA) is 50.4 Å². The molecule has 4 nitrogen and oxygen atoms in total. The van der Waals surface area contributed by atoms with Crippen molar-refractivity contribution in [3.63, 3.8) is 0 Å². The van der Waals surface area contributed by atoms with Crippen LogP contribution in [0, 0.1) is 5.92 Å². The van der Waals surface area contributed by atoms with E-state index in [9.17, 15) is 4.79 Å². The molecule has 0 aromatic rings. The number of nitrogens with one attached hydrogen (secondary N) is 2. The van der Waals surface area contributed by atoms with E-state index in [4.69, 9.17) is 4.74 Å². The van der Waals surface area contributed by atoms with Gasteiger partial charge in [0.05, 0.1) is 6.61 Å². The summed E-state index contributed by atoms with van der Waals surface area (Å²) < 4.78 is 4.88. The van der Waals surface area contributed by atoms with Gasteiger partial charge in [0.15, 0.2) is 0 Å². The van der Waals surface area contributed by atoms with Crippen molar-refractivity contribution in [3.05, 3.63) is 0 Å². The van der Waals surface area contributed by atoms with Gasteiger partial charge in [-0.1, -0.05) is 0 Å². The lowest BCUT2D eigenvalue weighted by Gasteiger charge is -2.10. The maximum atomic E-state index is 11.2. The maximum Gasteiger partial charge on any atom is 0.324 e. The third-order valence-corrected chi connectivity index (χ3v) is 2.23. The van der Waals surface area contributed by atoms with Crippen LogP contribution in [-0.4, -0.2) is 24.7 Å². The lowest BCUT2D eigenvalue weighted by molar-refractivity contribution is -0.145. The number of carbonyl (C=O) groups excluding carboxylic acids is 1. The summed E-state index contributed by atoms with van der Waals surface area (Å²) >= 11 is 0. The lowest BCUT2D eigenvalue weighted by Crippen LogP contribution is -2.41. The minimum Gasteiger partial charge on any atom is -0.465 e. The summed E-state index contributed by atoms with van der Waals surface area (Å²) in [6.45, 7) is 2.29. The maximum absolute atomic E-state index is 11.2. The first-order chi connectivity index (χ1) is 5.33. The van der Waals surface area contributed by atoms with Gasteiger partial charge in [-0.25, -0.2) is 5.43 Å². The Hall–Kier alpha value is -0.610. The zero-order valence-electron chi connectivity index (χ0n) is 6.46. The number of carbonyl (C=O) groups is 1. The van der Waals surface area contributed by atoms with E-state index in [1.54, 1.807) is 0 Å². The Kier molecular flexibility index (Phi) is 1.58. The average molecular weight is 156 g/mol. The van der Waals surface area contributed by atoms with Crippen LogP contribution in [0.25, 0.3) is 0 Å². The molecule has 0 amide bonds. The van der Waals surface area contributed by atoms with Gasteiger partial charge in [0.25, 0.3) is 0 Å². The summed E-state index contributed by atoms with van der Waals surface area (Å²) in [5.74, 6) is 0.360. The zero-order chi connectivity index (χ0) is 7.84. The average Bonchev–Trinajstić information content (AvgIpc) is 2.63. The van der Waals surface area contributed by atoms with Gasteiger partial charge < -0.3 is 4.74 Å². The molecule has 2 rings (SSSR count). The second-order valence-corrected chi connectivity index (χ2v) is 3.02. The molecule has 4 heteroatoms. The Morgan fingerprint density at radius 2 is 2.45 bits per heavy atom. The summed E-state index contributed by atoms with van der Waals surface area (Å²) in [6, 6.07) is 0.421. The molecule has 1 saturated heterocycles. The number of hydrogen-bond donors (Lipinski definition) is 2. The Morgan fingerprint density at radius 1 is 1.64 bits per heavy atom. The number of hydrazine groups is 1. The highest BCUT2D eigenvalue weighted by Crippen LogP contribution is 2.37. The molecule has 1 aliphatic heterocycles. The van der Waals surface area contributed by atoms with Crippen molar-refractivity contribution in [2.24, 2.45) is 5.92 Å². The molecule has 11 heavy (non-hydrogen) atoms. The Balaban J connectivity index is 1.89. The fraction of sp³-hybridized carbons (Fsp3) is 0.857. The first-order valence-corrected chi connectivity index (χ1v) is 4.00. The lowest BCUT2D eigenvalue weighted by atomic mass is 10.2. The molecule has 1 saturated carbocycles. The molecule has 2 N–H and O–H groups in total. The minimum absolute atomic E-state index is 0.0973. The van der Waals surface area contributed by atoms with E-state index < -0.39 is 0 Å². The molecular formula is C7H12N2O2. The van der Waals surface area contributed by atoms with Gasteiger partial charge in [0, 0.05) is 12.0 Å². The quantitative estimate of drug-likeness (QED) is 0.525. The van der Waals surface area contributed by atoms with E-state index in [-0.39, 0.29) is 12.0 Å². The number of ether oxygens (including phenoxy) is 1. The predicted molar refractivity (Wildman–Crippen MR) is 38.6 cm³/mol. The Morgan fingerprint density at radius 3 is 2.91 bits per heavy atom. The van der Waals surface area contributed by atoms with E-state index in [0.29, 0.717) is 18.6 Å². The second-order valence-electron chi connectivity index (χ2n) is 3.02. The first kappa shape index (κ1) is 7.06. The number of hydrogen-bond acceptors (Lipinski definition) is 4. The molecule has 0 spiro atoms. The van der Waals surface area contributed by atoms with Crippen LogP contribution >= 0.6 is 0 Å². The van der Waals surface area contributed by atoms with Crippen molar-refractivity contribution in [2.75, 3.05) is 6.61 Å². The summed E-state index contributed by atoms with van der Waals surface area (Å²) in [4.78, 5) is 11.2. The van der Waals surface area contributed by atoms with Crippen LogP contribution in [0.5, 0.6) is 0 Å². The standard InChI is InChI=1S/C7H12N2O2/c1-2-11-7(10)6-4-3-5(4)8-9-6/h4-6,8-9H,2-3H2,1H3. The second kappa shape index (κ2) is 2.46. The van der Waals surface area contributed by atoms with E-state index >= 15 is 0 Å². The summed E-state index contributed by atoms with van der Waals surface area (Å²) in [6.07, 6.45) is 1.11. The van der Waals surface area contributed by atoms with Crippen LogP contribution < -0.4 is 10.9 Å². The highest BCUT2D eigenvalue weighted by molar-refractivity contribution is 5.77. The van der Waals surface area contributed by atoms with Crippen LogP contribution in [0.15, 0.2) is 0 Å². The third-order valence-electron chi connectivity index (χ3n) is 2.23. The molecule has 62 valence electrons. The fourth-order valence-electron chi connectivity index (χ4n) is 1.52. The summed E-state index contributed by atoms with van der Waals surface area (Å²) in [5.41, 5.74) is 5.95. The van der Waals surface area contributed by atoms with Crippen LogP contribution in [0.3, 0.4) is 0 Å². The van der Waals surface area contributed by atoms with Gasteiger partial charge in [-0.3, -0.25) is 10.2 Å². The molecule has 2 fully saturated rings. The monoisotopic (exact) mass is 156 g/mol. The van der Waals surface area contributed by atoms with Gasteiger partial charge >= 0.3 is 5.97 Å². The molecular weight excluding hydrogens is 144 g/mol. The third kappa shape index (κ3) is 1.12. The van der Waals surface area contributed by atoms with Gasteiger partial charge in [-0.15, -0.1) is 0 Å². The van der Waals surface area contributed by atoms with Crippen molar-refractivity contribution in [3.8, 4) is 0 Å². The van der Waals surface area contributed by atoms with Crippen molar-refractivity contribution in [1.82, 2.24) is 10.9 Å². The first-order valence-electron chi connectivity index (χ1n) is 4.00. The summed E-state index contributed by atoms with van der Waals surface area (Å²) in [7, 11) is 0. The van der Waals surface area contributed by atoms with Crippen molar-refractivity contribution in [1.29, 1.82) is 0 Å². The molecule has 0 bridgehead atoms. The van der Waals surface area contributed by atoms with E-state index in [2.05, 4.69) is 10.9 Å². The predicted octanol–water partition coefficient (Wildman–Crippen LogP) is -0.586. The van der Waals surface area contributed by atoms with Gasteiger partial charge in [0.1, 0.15) is 6.04 Å². The Labute approximate surface area is 65.3 Å². The van der Waals surface area contributed by atoms with E-state index in [1.807, 2.05) is 6.92 Å². The largest absolute Gasteiger partial charge is 0.465 e. The van der Waals surface area contributed by atoms with E-state index in [1.165, 1.54) is 0 Å². The van der Waals surface area contributed by atoms with Crippen molar-refractivity contribution in [2.45, 2.75) is 25.4 Å². The molecule has 3 unspecified atom stereocenters. The SMILES string of the molecule is CCOC(=O)C1NNC2CC21. The van der Waals surface area contributed by atoms with Crippen LogP contribution in [0.1, 0.15) is 13.3 Å². The molecule has 0 radical (unpaired) electrons. The molecule has 1 aliphatic carbocycles. The zero-order valence-corrected chi connectivity index (χ0v) is 6.46. The highest BCUT2D eigenvalue weighted by atomic mass is 16.5. The molecule has 3 atom stereocenters. The minimum atomic E-state index is -0.120. The highest BCUT2D eigenvalue weighted by Gasteiger charge is 2.51. The van der Waals surface area contributed by atoms with E-state index in [0.717, 1.165) is 6.42 Å². The molecule has 0 aromatic carbocycles. The van der Waals surface area contributed by atoms with Crippen molar-refractivity contribution >= 4 is 5.97 Å². The van der Waals surface area contributed by atoms with Crippen LogP contribution in [0.2, 0.25) is 0 Å². The molecule has 2 aliphatic rings. The molecule has 1 heterocycles. The van der Waals surface area contributed by atoms with Crippen molar-refractivity contribution < 1.29 is 9.53 Å². The number of fused-ring (bicyclic) bond motifs is 1. The fourth-order valence-corrected chi connectivity index (χ4v) is 1.52. The van der Waals surface area contributed by atoms with Crippen LogP contribution in [0.4, 0.5) is 0 Å². The normalized spacial score (nSPS) is 39.9. The smallest absolute Gasteiger partial charge is 0.324 e.